The molecule has 1 heterocycles. The Kier molecular flexibility index (Phi) is 4.34. The first kappa shape index (κ1) is 15.5. The number of aliphatic hydroxyl groups is 1. The third-order valence-corrected chi connectivity index (χ3v) is 5.04. The number of anilines is 1. The summed E-state index contributed by atoms with van der Waals surface area (Å²) in [4.78, 5) is -0.0299. The Hall–Kier alpha value is -1.86. The summed E-state index contributed by atoms with van der Waals surface area (Å²) in [5.74, 6) is -0.156. The van der Waals surface area contributed by atoms with Crippen molar-refractivity contribution in [3.63, 3.8) is 0 Å². The minimum atomic E-state index is -3.88. The van der Waals surface area contributed by atoms with Gasteiger partial charge in [-0.25, -0.2) is 12.8 Å². The topological polar surface area (TPSA) is 70.8 Å². The number of halogens is 1. The van der Waals surface area contributed by atoms with Gasteiger partial charge in [-0.2, -0.15) is 0 Å². The molecule has 0 aliphatic heterocycles. The number of rotatable bonds is 5. The van der Waals surface area contributed by atoms with Gasteiger partial charge in [0.25, 0.3) is 10.0 Å². The molecular weight excluding hydrogens is 297 g/mol. The van der Waals surface area contributed by atoms with Gasteiger partial charge in [0.05, 0.1) is 5.69 Å². The molecule has 1 aromatic heterocycles. The molecule has 2 rings (SSSR count). The zero-order chi connectivity index (χ0) is 15.6. The monoisotopic (exact) mass is 313 g/mol. The van der Waals surface area contributed by atoms with Crippen LogP contribution in [-0.2, 0) is 16.6 Å². The minimum absolute atomic E-state index is 0.0299. The number of hydrogen-bond acceptors (Lipinski definition) is 4. The van der Waals surface area contributed by atoms with Gasteiger partial charge in [-0.1, -0.05) is 6.07 Å². The number of nitrogens with zero attached hydrogens (tertiary/aromatic N) is 1. The quantitative estimate of drug-likeness (QED) is 0.920. The number of benzene rings is 1. The first-order chi connectivity index (χ1) is 9.90. The molecule has 2 aromatic rings. The van der Waals surface area contributed by atoms with Gasteiger partial charge >= 0.3 is 0 Å². The molecule has 0 aliphatic rings. The van der Waals surface area contributed by atoms with Crippen LogP contribution in [-0.4, -0.2) is 20.1 Å². The van der Waals surface area contributed by atoms with E-state index in [0.717, 1.165) is 10.4 Å². The fourth-order valence-corrected chi connectivity index (χ4v) is 3.75. The van der Waals surface area contributed by atoms with Crippen LogP contribution in [0.3, 0.4) is 0 Å². The van der Waals surface area contributed by atoms with Crippen LogP contribution in [0, 0.1) is 12.7 Å². The molecule has 0 unspecified atom stereocenters. The molecule has 0 bridgehead atoms. The highest BCUT2D eigenvalue weighted by molar-refractivity contribution is 7.92. The standard InChI is InChI=1S/C14H16FNO4S/c1-3-16(12-6-4-5-11(15)7-12)21(18,19)14-8-13(9-17)20-10(14)2/h4-8,17H,3,9H2,1-2H3. The number of aryl methyl sites for hydroxylation is 1. The summed E-state index contributed by atoms with van der Waals surface area (Å²) < 4.78 is 45.0. The molecule has 0 saturated heterocycles. The van der Waals surface area contributed by atoms with Crippen molar-refractivity contribution in [2.45, 2.75) is 25.3 Å². The number of furan rings is 1. The van der Waals surface area contributed by atoms with Gasteiger partial charge in [0.2, 0.25) is 0 Å². The van der Waals surface area contributed by atoms with Crippen molar-refractivity contribution < 1.29 is 22.3 Å². The van der Waals surface area contributed by atoms with Gasteiger partial charge < -0.3 is 9.52 Å². The minimum Gasteiger partial charge on any atom is -0.462 e. The van der Waals surface area contributed by atoms with Gasteiger partial charge in [0.15, 0.2) is 0 Å². The van der Waals surface area contributed by atoms with Crippen LogP contribution in [0.2, 0.25) is 0 Å². The smallest absolute Gasteiger partial charge is 0.267 e. The second kappa shape index (κ2) is 5.87. The van der Waals surface area contributed by atoms with Gasteiger partial charge in [0, 0.05) is 12.6 Å². The van der Waals surface area contributed by atoms with E-state index in [2.05, 4.69) is 0 Å². The lowest BCUT2D eigenvalue weighted by molar-refractivity contribution is 0.244. The third-order valence-electron chi connectivity index (χ3n) is 3.03. The van der Waals surface area contributed by atoms with E-state index in [0.29, 0.717) is 0 Å². The highest BCUT2D eigenvalue weighted by Crippen LogP contribution is 2.28. The highest BCUT2D eigenvalue weighted by atomic mass is 32.2. The average Bonchev–Trinajstić information content (AvgIpc) is 2.81. The molecule has 21 heavy (non-hydrogen) atoms. The Morgan fingerprint density at radius 2 is 2.05 bits per heavy atom. The third kappa shape index (κ3) is 2.93. The van der Waals surface area contributed by atoms with E-state index in [1.54, 1.807) is 6.92 Å². The maximum absolute atomic E-state index is 13.3. The Morgan fingerprint density at radius 1 is 1.33 bits per heavy atom. The Morgan fingerprint density at radius 3 is 2.57 bits per heavy atom. The zero-order valence-corrected chi connectivity index (χ0v) is 12.5. The van der Waals surface area contributed by atoms with Gasteiger partial charge in [-0.15, -0.1) is 0 Å². The summed E-state index contributed by atoms with van der Waals surface area (Å²) in [5.41, 5.74) is 0.239. The molecule has 114 valence electrons. The van der Waals surface area contributed by atoms with Crippen LogP contribution in [0.4, 0.5) is 10.1 Å². The Bertz CT molecular complexity index is 739. The summed E-state index contributed by atoms with van der Waals surface area (Å²) in [6, 6.07) is 6.66. The molecule has 0 atom stereocenters. The van der Waals surface area contributed by atoms with Crippen LogP contribution in [0.25, 0.3) is 0 Å². The van der Waals surface area contributed by atoms with Crippen molar-refractivity contribution >= 4 is 15.7 Å². The van der Waals surface area contributed by atoms with Crippen molar-refractivity contribution in [3.8, 4) is 0 Å². The number of sulfonamides is 1. The SMILES string of the molecule is CCN(c1cccc(F)c1)S(=O)(=O)c1cc(CO)oc1C. The van der Waals surface area contributed by atoms with E-state index >= 15 is 0 Å². The maximum Gasteiger partial charge on any atom is 0.267 e. The summed E-state index contributed by atoms with van der Waals surface area (Å²) in [6.07, 6.45) is 0. The molecule has 0 saturated carbocycles. The van der Waals surface area contributed by atoms with E-state index in [1.165, 1.54) is 31.2 Å². The van der Waals surface area contributed by atoms with E-state index in [9.17, 15) is 12.8 Å². The largest absolute Gasteiger partial charge is 0.462 e. The van der Waals surface area contributed by atoms with E-state index < -0.39 is 15.8 Å². The molecule has 5 nitrogen and oxygen atoms in total. The maximum atomic E-state index is 13.3. The lowest BCUT2D eigenvalue weighted by Crippen LogP contribution is -2.31. The zero-order valence-electron chi connectivity index (χ0n) is 11.7. The predicted molar refractivity (Wildman–Crippen MR) is 76.0 cm³/mol. The van der Waals surface area contributed by atoms with E-state index in [4.69, 9.17) is 9.52 Å². The lowest BCUT2D eigenvalue weighted by atomic mass is 10.3. The Balaban J connectivity index is 2.51. The molecule has 0 amide bonds. The van der Waals surface area contributed by atoms with Crippen LogP contribution in [0.5, 0.6) is 0 Å². The average molecular weight is 313 g/mol. The van der Waals surface area contributed by atoms with Gasteiger partial charge in [0.1, 0.15) is 28.8 Å². The highest BCUT2D eigenvalue weighted by Gasteiger charge is 2.28. The van der Waals surface area contributed by atoms with Crippen LogP contribution in [0.15, 0.2) is 39.6 Å². The molecule has 1 N–H and O–H groups in total. The fourth-order valence-electron chi connectivity index (χ4n) is 2.10. The lowest BCUT2D eigenvalue weighted by Gasteiger charge is -2.22. The molecule has 0 fully saturated rings. The molecular formula is C14H16FNO4S. The van der Waals surface area contributed by atoms with E-state index in [-0.39, 0.29) is 35.3 Å². The molecule has 0 radical (unpaired) electrons. The molecule has 0 spiro atoms. The predicted octanol–water partition coefficient (Wildman–Crippen LogP) is 2.43. The van der Waals surface area contributed by atoms with Crippen LogP contribution in [0.1, 0.15) is 18.4 Å². The molecule has 0 aliphatic carbocycles. The van der Waals surface area contributed by atoms with Crippen LogP contribution >= 0.6 is 0 Å². The van der Waals surface area contributed by atoms with Crippen molar-refractivity contribution in [1.29, 1.82) is 0 Å². The van der Waals surface area contributed by atoms with Gasteiger partial charge in [-0.05, 0) is 32.0 Å². The second-order valence-corrected chi connectivity index (χ2v) is 6.27. The first-order valence-electron chi connectivity index (χ1n) is 6.38. The summed E-state index contributed by atoms with van der Waals surface area (Å²) in [7, 11) is -3.88. The normalized spacial score (nSPS) is 11.6. The molecule has 1 aromatic carbocycles. The second-order valence-electron chi connectivity index (χ2n) is 4.44. The number of aliphatic hydroxyl groups excluding tert-OH is 1. The van der Waals surface area contributed by atoms with Crippen LogP contribution < -0.4 is 4.31 Å². The molecule has 7 heteroatoms. The summed E-state index contributed by atoms with van der Waals surface area (Å²) in [5, 5.41) is 9.04. The summed E-state index contributed by atoms with van der Waals surface area (Å²) >= 11 is 0. The first-order valence-corrected chi connectivity index (χ1v) is 7.82. The van der Waals surface area contributed by atoms with E-state index in [1.807, 2.05) is 0 Å². The fraction of sp³-hybridized carbons (Fsp3) is 0.286. The van der Waals surface area contributed by atoms with Gasteiger partial charge in [-0.3, -0.25) is 4.31 Å². The van der Waals surface area contributed by atoms with Crippen molar-refractivity contribution in [2.75, 3.05) is 10.8 Å². The Labute approximate surface area is 122 Å². The van der Waals surface area contributed by atoms with Crippen molar-refractivity contribution in [1.82, 2.24) is 0 Å². The van der Waals surface area contributed by atoms with Crippen molar-refractivity contribution in [3.05, 3.63) is 47.7 Å². The van der Waals surface area contributed by atoms with Crippen molar-refractivity contribution in [2.24, 2.45) is 0 Å². The summed E-state index contributed by atoms with van der Waals surface area (Å²) in [6.45, 7) is 2.92. The number of hydrogen-bond donors (Lipinski definition) is 1.